The first-order chi connectivity index (χ1) is 8.25. The summed E-state index contributed by atoms with van der Waals surface area (Å²) in [5, 5.41) is 3.69. The number of hydrogen-bond acceptors (Lipinski definition) is 1. The Morgan fingerprint density at radius 1 is 1.00 bits per heavy atom. The summed E-state index contributed by atoms with van der Waals surface area (Å²) in [6.45, 7) is 7.97. The van der Waals surface area contributed by atoms with Crippen LogP contribution in [0, 0.1) is 5.92 Å². The van der Waals surface area contributed by atoms with Gasteiger partial charge >= 0.3 is 0 Å². The molecular weight excluding hydrogens is 206 g/mol. The highest BCUT2D eigenvalue weighted by Gasteiger charge is 2.13. The van der Waals surface area contributed by atoms with E-state index in [1.54, 1.807) is 0 Å². The van der Waals surface area contributed by atoms with Gasteiger partial charge in [-0.15, -0.1) is 0 Å². The fourth-order valence-corrected chi connectivity index (χ4v) is 2.21. The average molecular weight is 233 g/mol. The third-order valence-electron chi connectivity index (χ3n) is 3.22. The summed E-state index contributed by atoms with van der Waals surface area (Å²) >= 11 is 0. The molecule has 0 aromatic heterocycles. The summed E-state index contributed by atoms with van der Waals surface area (Å²) in [7, 11) is 0. The molecule has 0 aliphatic carbocycles. The third-order valence-corrected chi connectivity index (χ3v) is 3.22. The van der Waals surface area contributed by atoms with E-state index in [0.29, 0.717) is 12.0 Å². The Bertz CT molecular complexity index is 279. The van der Waals surface area contributed by atoms with Crippen molar-refractivity contribution in [3.63, 3.8) is 0 Å². The summed E-state index contributed by atoms with van der Waals surface area (Å²) in [6.07, 6.45) is 5.32. The lowest BCUT2D eigenvalue weighted by Gasteiger charge is -2.23. The van der Waals surface area contributed by atoms with Crippen molar-refractivity contribution in [1.29, 1.82) is 0 Å². The molecule has 1 rings (SSSR count). The molecule has 1 unspecified atom stereocenters. The molecule has 1 aromatic rings. The van der Waals surface area contributed by atoms with Gasteiger partial charge in [0.05, 0.1) is 0 Å². The first-order valence-electron chi connectivity index (χ1n) is 7.04. The van der Waals surface area contributed by atoms with Crippen molar-refractivity contribution in [3.05, 3.63) is 35.9 Å². The van der Waals surface area contributed by atoms with Gasteiger partial charge in [-0.3, -0.25) is 0 Å². The topological polar surface area (TPSA) is 12.0 Å². The number of hydrogen-bond donors (Lipinski definition) is 1. The number of nitrogens with one attached hydrogen (secondary N) is 1. The Kier molecular flexibility index (Phi) is 6.95. The summed E-state index contributed by atoms with van der Waals surface area (Å²) in [5.74, 6) is 0.642. The van der Waals surface area contributed by atoms with Crippen molar-refractivity contribution in [2.75, 3.05) is 6.54 Å². The van der Waals surface area contributed by atoms with E-state index in [-0.39, 0.29) is 0 Å². The first kappa shape index (κ1) is 14.2. The van der Waals surface area contributed by atoms with Crippen LogP contribution in [0.2, 0.25) is 0 Å². The van der Waals surface area contributed by atoms with Gasteiger partial charge in [-0.25, -0.2) is 0 Å². The van der Waals surface area contributed by atoms with E-state index in [2.05, 4.69) is 56.4 Å². The lowest BCUT2D eigenvalue weighted by atomic mass is 9.96. The summed E-state index contributed by atoms with van der Waals surface area (Å²) < 4.78 is 0. The van der Waals surface area contributed by atoms with Crippen molar-refractivity contribution >= 4 is 0 Å². The fraction of sp³-hybridized carbons (Fsp3) is 0.625. The minimum absolute atomic E-state index is 0.498. The highest BCUT2D eigenvalue weighted by atomic mass is 14.9. The normalized spacial score (nSPS) is 12.9. The van der Waals surface area contributed by atoms with Gasteiger partial charge in [0.1, 0.15) is 0 Å². The van der Waals surface area contributed by atoms with E-state index in [9.17, 15) is 0 Å². The van der Waals surface area contributed by atoms with Crippen LogP contribution < -0.4 is 5.32 Å². The van der Waals surface area contributed by atoms with Crippen molar-refractivity contribution < 1.29 is 0 Å². The predicted octanol–water partition coefficient (Wildman–Crippen LogP) is 4.55. The van der Waals surface area contributed by atoms with Crippen LogP contribution in [0.5, 0.6) is 0 Å². The van der Waals surface area contributed by atoms with E-state index in [4.69, 9.17) is 0 Å². The highest BCUT2D eigenvalue weighted by molar-refractivity contribution is 5.19. The van der Waals surface area contributed by atoms with Gasteiger partial charge in [0.2, 0.25) is 0 Å². The molecule has 1 atom stereocenters. The van der Waals surface area contributed by atoms with Gasteiger partial charge in [0, 0.05) is 6.04 Å². The second-order valence-electron chi connectivity index (χ2n) is 5.15. The van der Waals surface area contributed by atoms with Crippen LogP contribution in [-0.4, -0.2) is 6.54 Å². The van der Waals surface area contributed by atoms with Crippen LogP contribution in [0.4, 0.5) is 0 Å². The number of rotatable bonds is 8. The average Bonchev–Trinajstić information content (AvgIpc) is 2.34. The SMILES string of the molecule is CCCCCCNC(c1ccccc1)C(C)C. The van der Waals surface area contributed by atoms with Crippen LogP contribution in [0.15, 0.2) is 30.3 Å². The minimum atomic E-state index is 0.498. The van der Waals surface area contributed by atoms with Crippen molar-refractivity contribution in [3.8, 4) is 0 Å². The van der Waals surface area contributed by atoms with Gasteiger partial charge in [-0.05, 0) is 24.4 Å². The Morgan fingerprint density at radius 2 is 1.71 bits per heavy atom. The Balaban J connectivity index is 2.40. The van der Waals surface area contributed by atoms with Gasteiger partial charge in [-0.1, -0.05) is 70.4 Å². The lowest BCUT2D eigenvalue weighted by Crippen LogP contribution is -2.26. The summed E-state index contributed by atoms with van der Waals surface area (Å²) in [6, 6.07) is 11.3. The zero-order valence-electron chi connectivity index (χ0n) is 11.6. The molecule has 0 saturated carbocycles. The zero-order chi connectivity index (χ0) is 12.5. The molecule has 0 fully saturated rings. The smallest absolute Gasteiger partial charge is 0.0343 e. The molecule has 0 saturated heterocycles. The highest BCUT2D eigenvalue weighted by Crippen LogP contribution is 2.21. The van der Waals surface area contributed by atoms with Crippen LogP contribution in [0.3, 0.4) is 0 Å². The van der Waals surface area contributed by atoms with Crippen molar-refractivity contribution in [2.45, 2.75) is 52.5 Å². The van der Waals surface area contributed by atoms with Crippen LogP contribution >= 0.6 is 0 Å². The molecular formula is C16H27N. The van der Waals surface area contributed by atoms with E-state index in [1.165, 1.54) is 31.2 Å². The molecule has 0 bridgehead atoms. The molecule has 17 heavy (non-hydrogen) atoms. The minimum Gasteiger partial charge on any atom is -0.310 e. The van der Waals surface area contributed by atoms with Crippen LogP contribution in [0.1, 0.15) is 58.1 Å². The standard InChI is InChI=1S/C16H27N/c1-4-5-6-10-13-17-16(14(2)3)15-11-8-7-9-12-15/h7-9,11-12,14,16-17H,4-6,10,13H2,1-3H3. The van der Waals surface area contributed by atoms with E-state index in [0.717, 1.165) is 6.54 Å². The Hall–Kier alpha value is -0.820. The van der Waals surface area contributed by atoms with Crippen molar-refractivity contribution in [2.24, 2.45) is 5.92 Å². The maximum atomic E-state index is 3.69. The molecule has 0 aliphatic rings. The molecule has 0 spiro atoms. The monoisotopic (exact) mass is 233 g/mol. The second kappa shape index (κ2) is 8.30. The number of benzene rings is 1. The second-order valence-corrected chi connectivity index (χ2v) is 5.15. The molecule has 0 aliphatic heterocycles. The number of unbranched alkanes of at least 4 members (excludes halogenated alkanes) is 3. The fourth-order valence-electron chi connectivity index (χ4n) is 2.21. The molecule has 96 valence electrons. The predicted molar refractivity (Wildman–Crippen MR) is 76.2 cm³/mol. The van der Waals surface area contributed by atoms with E-state index in [1.807, 2.05) is 0 Å². The van der Waals surface area contributed by atoms with E-state index >= 15 is 0 Å². The molecule has 1 N–H and O–H groups in total. The molecule has 0 radical (unpaired) electrons. The Morgan fingerprint density at radius 3 is 2.29 bits per heavy atom. The van der Waals surface area contributed by atoms with Gasteiger partial charge < -0.3 is 5.32 Å². The summed E-state index contributed by atoms with van der Waals surface area (Å²) in [5.41, 5.74) is 1.41. The zero-order valence-corrected chi connectivity index (χ0v) is 11.6. The van der Waals surface area contributed by atoms with Gasteiger partial charge in [-0.2, -0.15) is 0 Å². The summed E-state index contributed by atoms with van der Waals surface area (Å²) in [4.78, 5) is 0. The maximum absolute atomic E-state index is 3.69. The molecule has 0 heterocycles. The van der Waals surface area contributed by atoms with Crippen LogP contribution in [0.25, 0.3) is 0 Å². The lowest BCUT2D eigenvalue weighted by molar-refractivity contribution is 0.405. The largest absolute Gasteiger partial charge is 0.310 e. The Labute approximate surface area is 107 Å². The van der Waals surface area contributed by atoms with Crippen LogP contribution in [-0.2, 0) is 0 Å². The first-order valence-corrected chi connectivity index (χ1v) is 7.04. The molecule has 1 nitrogen and oxygen atoms in total. The van der Waals surface area contributed by atoms with Crippen molar-refractivity contribution in [1.82, 2.24) is 5.32 Å². The molecule has 1 aromatic carbocycles. The van der Waals surface area contributed by atoms with Gasteiger partial charge in [0.25, 0.3) is 0 Å². The maximum Gasteiger partial charge on any atom is 0.0343 e. The van der Waals surface area contributed by atoms with E-state index < -0.39 is 0 Å². The molecule has 1 heteroatoms. The third kappa shape index (κ3) is 5.36. The van der Waals surface area contributed by atoms with Gasteiger partial charge in [0.15, 0.2) is 0 Å². The molecule has 0 amide bonds. The quantitative estimate of drug-likeness (QED) is 0.649.